The highest BCUT2D eigenvalue weighted by atomic mass is 16.7. The van der Waals surface area contributed by atoms with Gasteiger partial charge in [0.2, 0.25) is 6.79 Å². The number of hydrogen-bond acceptors (Lipinski definition) is 4. The maximum atomic E-state index is 5.48. The molecule has 4 rings (SSSR count). The van der Waals surface area contributed by atoms with Gasteiger partial charge in [-0.25, -0.2) is 0 Å². The van der Waals surface area contributed by atoms with Crippen molar-refractivity contribution in [2.45, 2.75) is 26.3 Å². The number of piperazine rings is 1. The maximum absolute atomic E-state index is 5.48. The fraction of sp³-hybridized carbons (Fsp3) is 0.632. The standard InChI is InChI=1S/C19H28N4O2/c1-2-20-19(21-12-15-3-4-15)23-9-7-22(8-10-23)13-16-5-6-17-18(11-16)25-14-24-17/h5-6,11,15H,2-4,7-10,12-14H2,1H3,(H,20,21). The summed E-state index contributed by atoms with van der Waals surface area (Å²) in [5, 5.41) is 3.46. The molecule has 136 valence electrons. The zero-order valence-corrected chi connectivity index (χ0v) is 15.0. The maximum Gasteiger partial charge on any atom is 0.231 e. The highest BCUT2D eigenvalue weighted by Gasteiger charge is 2.23. The predicted molar refractivity (Wildman–Crippen MR) is 98.1 cm³/mol. The Morgan fingerprint density at radius 1 is 1.16 bits per heavy atom. The van der Waals surface area contributed by atoms with Crippen LogP contribution < -0.4 is 14.8 Å². The summed E-state index contributed by atoms with van der Waals surface area (Å²) in [4.78, 5) is 9.73. The molecule has 2 aliphatic heterocycles. The number of fused-ring (bicyclic) bond motifs is 1. The number of rotatable bonds is 5. The van der Waals surface area contributed by atoms with Gasteiger partial charge in [-0.15, -0.1) is 0 Å². The van der Waals surface area contributed by atoms with E-state index in [1.54, 1.807) is 0 Å². The van der Waals surface area contributed by atoms with Gasteiger partial charge in [0.1, 0.15) is 0 Å². The van der Waals surface area contributed by atoms with Gasteiger partial charge in [-0.2, -0.15) is 0 Å². The fourth-order valence-electron chi connectivity index (χ4n) is 3.36. The Hall–Kier alpha value is -1.95. The number of nitrogens with zero attached hydrogens (tertiary/aromatic N) is 3. The molecule has 1 aliphatic carbocycles. The average molecular weight is 344 g/mol. The number of ether oxygens (including phenoxy) is 2. The van der Waals surface area contributed by atoms with Crippen LogP contribution in [0.5, 0.6) is 11.5 Å². The van der Waals surface area contributed by atoms with E-state index in [4.69, 9.17) is 14.5 Å². The van der Waals surface area contributed by atoms with Gasteiger partial charge in [0.25, 0.3) is 0 Å². The van der Waals surface area contributed by atoms with Gasteiger partial charge in [-0.3, -0.25) is 9.89 Å². The Morgan fingerprint density at radius 2 is 1.96 bits per heavy atom. The normalized spacial score (nSPS) is 20.8. The van der Waals surface area contributed by atoms with Gasteiger partial charge in [0, 0.05) is 45.8 Å². The molecule has 0 bridgehead atoms. The zero-order valence-electron chi connectivity index (χ0n) is 15.0. The molecule has 3 aliphatic rings. The quantitative estimate of drug-likeness (QED) is 0.653. The Labute approximate surface area is 149 Å². The first kappa shape index (κ1) is 16.5. The lowest BCUT2D eigenvalue weighted by Gasteiger charge is -2.36. The van der Waals surface area contributed by atoms with E-state index in [0.717, 1.165) is 69.2 Å². The second-order valence-corrected chi connectivity index (χ2v) is 7.09. The van der Waals surface area contributed by atoms with Crippen molar-refractivity contribution in [3.63, 3.8) is 0 Å². The summed E-state index contributed by atoms with van der Waals surface area (Å²) >= 11 is 0. The molecule has 6 nitrogen and oxygen atoms in total. The van der Waals surface area contributed by atoms with E-state index >= 15 is 0 Å². The van der Waals surface area contributed by atoms with Crippen LogP contribution >= 0.6 is 0 Å². The molecule has 0 unspecified atom stereocenters. The van der Waals surface area contributed by atoms with E-state index < -0.39 is 0 Å². The highest BCUT2D eigenvalue weighted by Crippen LogP contribution is 2.33. The first-order chi connectivity index (χ1) is 12.3. The van der Waals surface area contributed by atoms with E-state index in [0.29, 0.717) is 6.79 Å². The van der Waals surface area contributed by atoms with Crippen LogP contribution in [0.1, 0.15) is 25.3 Å². The van der Waals surface area contributed by atoms with E-state index in [-0.39, 0.29) is 0 Å². The van der Waals surface area contributed by atoms with Crippen LogP contribution in [0, 0.1) is 5.92 Å². The van der Waals surface area contributed by atoms with Crippen molar-refractivity contribution in [2.24, 2.45) is 10.9 Å². The van der Waals surface area contributed by atoms with Crippen LogP contribution in [-0.4, -0.2) is 61.8 Å². The second-order valence-electron chi connectivity index (χ2n) is 7.09. The summed E-state index contributed by atoms with van der Waals surface area (Å²) in [5.74, 6) is 3.66. The first-order valence-corrected chi connectivity index (χ1v) is 9.46. The van der Waals surface area contributed by atoms with Gasteiger partial charge in [-0.05, 0) is 43.4 Å². The van der Waals surface area contributed by atoms with E-state index in [9.17, 15) is 0 Å². The van der Waals surface area contributed by atoms with Crippen LogP contribution in [0.4, 0.5) is 0 Å². The third kappa shape index (κ3) is 4.18. The number of nitrogens with one attached hydrogen (secondary N) is 1. The Morgan fingerprint density at radius 3 is 2.72 bits per heavy atom. The van der Waals surface area contributed by atoms with Crippen molar-refractivity contribution in [1.29, 1.82) is 0 Å². The van der Waals surface area contributed by atoms with E-state index in [2.05, 4.69) is 34.2 Å². The molecule has 2 heterocycles. The number of hydrogen-bond donors (Lipinski definition) is 1. The van der Waals surface area contributed by atoms with Gasteiger partial charge in [0.15, 0.2) is 17.5 Å². The fourth-order valence-corrected chi connectivity index (χ4v) is 3.36. The summed E-state index contributed by atoms with van der Waals surface area (Å²) in [6, 6.07) is 6.26. The first-order valence-electron chi connectivity index (χ1n) is 9.46. The molecule has 0 spiro atoms. The molecule has 0 amide bonds. The second kappa shape index (κ2) is 7.52. The van der Waals surface area contributed by atoms with Gasteiger partial charge < -0.3 is 19.7 Å². The van der Waals surface area contributed by atoms with Crippen molar-refractivity contribution in [3.8, 4) is 11.5 Å². The third-order valence-corrected chi connectivity index (χ3v) is 5.05. The molecule has 1 N–H and O–H groups in total. The molecule has 25 heavy (non-hydrogen) atoms. The van der Waals surface area contributed by atoms with Crippen LogP contribution in [0.3, 0.4) is 0 Å². The molecule has 1 aromatic carbocycles. The van der Waals surface area contributed by atoms with Crippen LogP contribution in [0.25, 0.3) is 0 Å². The molecular weight excluding hydrogens is 316 g/mol. The van der Waals surface area contributed by atoms with Gasteiger partial charge in [-0.1, -0.05) is 6.07 Å². The zero-order chi connectivity index (χ0) is 17.1. The molecule has 1 saturated heterocycles. The minimum absolute atomic E-state index is 0.338. The minimum atomic E-state index is 0.338. The summed E-state index contributed by atoms with van der Waals surface area (Å²) in [6.07, 6.45) is 2.71. The lowest BCUT2D eigenvalue weighted by molar-refractivity contribution is 0.171. The molecule has 0 radical (unpaired) electrons. The number of benzene rings is 1. The van der Waals surface area contributed by atoms with Crippen LogP contribution in [-0.2, 0) is 6.54 Å². The molecule has 1 aromatic rings. The average Bonchev–Trinajstić information content (AvgIpc) is 3.35. The summed E-state index contributed by atoms with van der Waals surface area (Å²) < 4.78 is 10.9. The smallest absolute Gasteiger partial charge is 0.231 e. The van der Waals surface area contributed by atoms with Gasteiger partial charge >= 0.3 is 0 Å². The molecular formula is C19H28N4O2. The van der Waals surface area contributed by atoms with Crippen LogP contribution in [0.2, 0.25) is 0 Å². The summed E-state index contributed by atoms with van der Waals surface area (Å²) in [7, 11) is 0. The van der Waals surface area contributed by atoms with E-state index in [1.807, 2.05) is 6.07 Å². The van der Waals surface area contributed by atoms with Crippen molar-refractivity contribution >= 4 is 5.96 Å². The van der Waals surface area contributed by atoms with Crippen molar-refractivity contribution < 1.29 is 9.47 Å². The Balaban J connectivity index is 1.30. The molecule has 0 aromatic heterocycles. The highest BCUT2D eigenvalue weighted by molar-refractivity contribution is 5.80. The van der Waals surface area contributed by atoms with E-state index in [1.165, 1.54) is 18.4 Å². The largest absolute Gasteiger partial charge is 0.454 e. The van der Waals surface area contributed by atoms with Crippen molar-refractivity contribution in [3.05, 3.63) is 23.8 Å². The summed E-state index contributed by atoms with van der Waals surface area (Å²) in [6.45, 7) is 9.53. The minimum Gasteiger partial charge on any atom is -0.454 e. The van der Waals surface area contributed by atoms with Crippen LogP contribution in [0.15, 0.2) is 23.2 Å². The number of guanidine groups is 1. The van der Waals surface area contributed by atoms with Gasteiger partial charge in [0.05, 0.1) is 0 Å². The number of aliphatic imine (C=N–C) groups is 1. The Kier molecular flexibility index (Phi) is 4.97. The lowest BCUT2D eigenvalue weighted by atomic mass is 10.1. The molecule has 0 atom stereocenters. The SMILES string of the molecule is CCNC(=NCC1CC1)N1CCN(Cc2ccc3c(c2)OCO3)CC1. The molecule has 6 heteroatoms. The lowest BCUT2D eigenvalue weighted by Crippen LogP contribution is -2.52. The molecule has 1 saturated carbocycles. The van der Waals surface area contributed by atoms with Crippen molar-refractivity contribution in [2.75, 3.05) is 46.1 Å². The third-order valence-electron chi connectivity index (χ3n) is 5.05. The van der Waals surface area contributed by atoms with Crippen molar-refractivity contribution in [1.82, 2.24) is 15.1 Å². The summed E-state index contributed by atoms with van der Waals surface area (Å²) in [5.41, 5.74) is 1.28. The molecule has 2 fully saturated rings. The Bertz CT molecular complexity index is 622. The topological polar surface area (TPSA) is 49.3 Å². The predicted octanol–water partition coefficient (Wildman–Crippen LogP) is 1.91. The monoisotopic (exact) mass is 344 g/mol.